The van der Waals surface area contributed by atoms with Crippen molar-refractivity contribution in [3.05, 3.63) is 41.0 Å². The fourth-order valence-electron chi connectivity index (χ4n) is 3.01. The average molecular weight is 375 g/mol. The summed E-state index contributed by atoms with van der Waals surface area (Å²) in [7, 11) is 0. The number of benzene rings is 1. The molecule has 0 radical (unpaired) electrons. The van der Waals surface area contributed by atoms with E-state index in [9.17, 15) is 9.59 Å². The fraction of sp³-hybridized carbons (Fsp3) is 0.524. The molecule has 142 valence electrons. The van der Waals surface area contributed by atoms with Gasteiger partial charge in [0, 0.05) is 17.5 Å². The zero-order valence-corrected chi connectivity index (χ0v) is 17.4. The molecule has 2 atom stereocenters. The molecule has 0 saturated carbocycles. The number of nitrogens with zero attached hydrogens (tertiary/aromatic N) is 1. The Morgan fingerprint density at radius 3 is 2.54 bits per heavy atom. The summed E-state index contributed by atoms with van der Waals surface area (Å²) < 4.78 is 0. The highest BCUT2D eigenvalue weighted by Gasteiger charge is 2.40. The van der Waals surface area contributed by atoms with E-state index >= 15 is 0 Å². The van der Waals surface area contributed by atoms with Gasteiger partial charge in [-0.05, 0) is 63.3 Å². The molecular weight excluding hydrogens is 344 g/mol. The first-order chi connectivity index (χ1) is 12.2. The maximum Gasteiger partial charge on any atom is 0.248 e. The van der Waals surface area contributed by atoms with E-state index in [0.29, 0.717) is 11.7 Å². The molecule has 0 aliphatic carbocycles. The van der Waals surface area contributed by atoms with Crippen LogP contribution >= 0.6 is 11.8 Å². The number of thioether (sulfide) groups is 1. The lowest BCUT2D eigenvalue weighted by atomic mass is 10.1. The minimum absolute atomic E-state index is 0.0496. The van der Waals surface area contributed by atoms with E-state index in [1.807, 2.05) is 45.9 Å². The Morgan fingerprint density at radius 2 is 1.96 bits per heavy atom. The Kier molecular flexibility index (Phi) is 6.93. The summed E-state index contributed by atoms with van der Waals surface area (Å²) >= 11 is 1.70. The molecule has 2 unspecified atom stereocenters. The summed E-state index contributed by atoms with van der Waals surface area (Å²) in [5, 5.41) is 3.05. The Bertz CT molecular complexity index is 708. The van der Waals surface area contributed by atoms with Crippen LogP contribution in [0.3, 0.4) is 0 Å². The number of carbonyl (C=O) groups excluding carboxylic acids is 2. The first-order valence-corrected chi connectivity index (χ1v) is 10.2. The molecular formula is C21H30N2O2S. The van der Waals surface area contributed by atoms with Gasteiger partial charge in [-0.2, -0.15) is 0 Å². The van der Waals surface area contributed by atoms with E-state index in [0.717, 1.165) is 23.2 Å². The second-order valence-corrected chi connectivity index (χ2v) is 8.90. The van der Waals surface area contributed by atoms with Crippen LogP contribution in [0.15, 0.2) is 29.8 Å². The molecule has 1 aliphatic rings. The van der Waals surface area contributed by atoms with Gasteiger partial charge in [-0.3, -0.25) is 9.59 Å². The Labute approximate surface area is 161 Å². The first kappa shape index (κ1) is 20.6. The summed E-state index contributed by atoms with van der Waals surface area (Å²) in [6.07, 6.45) is 2.52. The van der Waals surface area contributed by atoms with Crippen molar-refractivity contribution in [1.82, 2.24) is 4.90 Å². The maximum absolute atomic E-state index is 12.9. The van der Waals surface area contributed by atoms with Crippen LogP contribution in [-0.4, -0.2) is 33.9 Å². The molecule has 2 amide bonds. The summed E-state index contributed by atoms with van der Waals surface area (Å²) in [5.74, 6) is 0.926. The molecule has 1 fully saturated rings. The molecule has 2 rings (SSSR count). The van der Waals surface area contributed by atoms with Crippen LogP contribution in [0.5, 0.6) is 0 Å². The van der Waals surface area contributed by atoms with Crippen molar-refractivity contribution in [1.29, 1.82) is 0 Å². The Hall–Kier alpha value is -1.75. The number of nitrogens with one attached hydrogen (secondary N) is 1. The Morgan fingerprint density at radius 1 is 1.27 bits per heavy atom. The van der Waals surface area contributed by atoms with E-state index < -0.39 is 6.04 Å². The van der Waals surface area contributed by atoms with Crippen molar-refractivity contribution in [2.45, 2.75) is 59.4 Å². The van der Waals surface area contributed by atoms with Gasteiger partial charge in [-0.25, -0.2) is 0 Å². The molecule has 5 heteroatoms. The first-order valence-electron chi connectivity index (χ1n) is 9.16. The second-order valence-electron chi connectivity index (χ2n) is 7.69. The minimum Gasteiger partial charge on any atom is -0.324 e. The van der Waals surface area contributed by atoms with Gasteiger partial charge < -0.3 is 10.2 Å². The van der Waals surface area contributed by atoms with E-state index in [-0.39, 0.29) is 17.2 Å². The Balaban J connectivity index is 2.21. The van der Waals surface area contributed by atoms with Crippen LogP contribution < -0.4 is 5.32 Å². The highest BCUT2D eigenvalue weighted by atomic mass is 32.2. The standard InChI is InChI=1S/C21H30N2O2S/c1-13(2)9-19(24)23-18(12-26-20(23)10-14(3)4)21(25)22-17-8-7-15(5)16(6)11-17/h7-9,11,14,18,20H,10,12H2,1-6H3,(H,22,25). The number of anilines is 1. The van der Waals surface area contributed by atoms with Gasteiger partial charge in [0.05, 0.1) is 5.37 Å². The molecule has 1 aromatic rings. The molecule has 1 saturated heterocycles. The fourth-order valence-corrected chi connectivity index (χ4v) is 4.66. The molecule has 1 aliphatic heterocycles. The van der Waals surface area contributed by atoms with E-state index in [2.05, 4.69) is 19.2 Å². The number of rotatable bonds is 5. The lowest BCUT2D eigenvalue weighted by Crippen LogP contribution is -2.47. The molecule has 1 heterocycles. The van der Waals surface area contributed by atoms with Crippen LogP contribution in [0.2, 0.25) is 0 Å². The summed E-state index contributed by atoms with van der Waals surface area (Å²) in [6, 6.07) is 5.45. The van der Waals surface area contributed by atoms with Gasteiger partial charge in [0.2, 0.25) is 11.8 Å². The van der Waals surface area contributed by atoms with E-state index in [4.69, 9.17) is 0 Å². The van der Waals surface area contributed by atoms with Crippen LogP contribution in [0, 0.1) is 19.8 Å². The number of carbonyl (C=O) groups is 2. The van der Waals surface area contributed by atoms with E-state index in [1.54, 1.807) is 22.7 Å². The lowest BCUT2D eigenvalue weighted by molar-refractivity contribution is -0.134. The van der Waals surface area contributed by atoms with Crippen molar-refractivity contribution >= 4 is 29.3 Å². The molecule has 0 bridgehead atoms. The molecule has 0 aromatic heterocycles. The SMILES string of the molecule is CC(C)=CC(=O)N1C(CC(C)C)SCC1C(=O)Nc1ccc(C)c(C)c1. The van der Waals surface area contributed by atoms with Crippen molar-refractivity contribution in [2.24, 2.45) is 5.92 Å². The molecule has 26 heavy (non-hydrogen) atoms. The third kappa shape index (κ3) is 5.13. The molecule has 0 spiro atoms. The monoisotopic (exact) mass is 374 g/mol. The quantitative estimate of drug-likeness (QED) is 0.771. The largest absolute Gasteiger partial charge is 0.324 e. The predicted molar refractivity (Wildman–Crippen MR) is 110 cm³/mol. The van der Waals surface area contributed by atoms with Crippen molar-refractivity contribution in [3.8, 4) is 0 Å². The van der Waals surface area contributed by atoms with Gasteiger partial charge in [-0.15, -0.1) is 11.8 Å². The smallest absolute Gasteiger partial charge is 0.248 e. The van der Waals surface area contributed by atoms with Crippen molar-refractivity contribution in [3.63, 3.8) is 0 Å². The number of aryl methyl sites for hydroxylation is 2. The number of hydrogen-bond donors (Lipinski definition) is 1. The normalized spacial score (nSPS) is 19.6. The highest BCUT2D eigenvalue weighted by Crippen LogP contribution is 2.34. The molecule has 4 nitrogen and oxygen atoms in total. The number of amides is 2. The predicted octanol–water partition coefficient (Wildman–Crippen LogP) is 4.52. The van der Waals surface area contributed by atoms with Crippen LogP contribution in [0.1, 0.15) is 45.2 Å². The van der Waals surface area contributed by atoms with Crippen molar-refractivity contribution in [2.75, 3.05) is 11.1 Å². The van der Waals surface area contributed by atoms with Gasteiger partial charge in [0.15, 0.2) is 0 Å². The van der Waals surface area contributed by atoms with Gasteiger partial charge in [0.25, 0.3) is 0 Å². The third-order valence-electron chi connectivity index (χ3n) is 4.51. The van der Waals surface area contributed by atoms with Crippen LogP contribution in [0.25, 0.3) is 0 Å². The third-order valence-corrected chi connectivity index (χ3v) is 5.82. The maximum atomic E-state index is 12.9. The number of allylic oxidation sites excluding steroid dienone is 1. The van der Waals surface area contributed by atoms with Crippen LogP contribution in [0.4, 0.5) is 5.69 Å². The average Bonchev–Trinajstić information content (AvgIpc) is 2.93. The number of hydrogen-bond acceptors (Lipinski definition) is 3. The molecule has 1 aromatic carbocycles. The highest BCUT2D eigenvalue weighted by molar-refractivity contribution is 8.00. The lowest BCUT2D eigenvalue weighted by Gasteiger charge is -2.29. The molecule has 1 N–H and O–H groups in total. The summed E-state index contributed by atoms with van der Waals surface area (Å²) in [6.45, 7) is 12.2. The topological polar surface area (TPSA) is 49.4 Å². The van der Waals surface area contributed by atoms with Gasteiger partial charge in [-0.1, -0.05) is 25.5 Å². The second kappa shape index (κ2) is 8.76. The van der Waals surface area contributed by atoms with Gasteiger partial charge in [0.1, 0.15) is 6.04 Å². The minimum atomic E-state index is -0.437. The summed E-state index contributed by atoms with van der Waals surface area (Å²) in [4.78, 5) is 27.4. The summed E-state index contributed by atoms with van der Waals surface area (Å²) in [5.41, 5.74) is 4.06. The zero-order chi connectivity index (χ0) is 19.4. The van der Waals surface area contributed by atoms with E-state index in [1.165, 1.54) is 5.56 Å². The zero-order valence-electron chi connectivity index (χ0n) is 16.6. The van der Waals surface area contributed by atoms with Crippen molar-refractivity contribution < 1.29 is 9.59 Å². The van der Waals surface area contributed by atoms with Gasteiger partial charge >= 0.3 is 0 Å². The van der Waals surface area contributed by atoms with Crippen LogP contribution in [-0.2, 0) is 9.59 Å².